The molecule has 0 saturated heterocycles. The average molecular weight is 323 g/mol. The Morgan fingerprint density at radius 3 is 2.67 bits per heavy atom. The first-order valence-electron chi connectivity index (χ1n) is 8.46. The van der Waals surface area contributed by atoms with E-state index in [2.05, 4.69) is 55.2 Å². The molecule has 24 heavy (non-hydrogen) atoms. The summed E-state index contributed by atoms with van der Waals surface area (Å²) in [6, 6.07) is 9.90. The maximum atomic E-state index is 12.4. The minimum atomic E-state index is -0.172. The maximum Gasteiger partial charge on any atom is 0.274 e. The molecule has 0 atom stereocenters. The molecule has 2 aromatic rings. The summed E-state index contributed by atoms with van der Waals surface area (Å²) < 4.78 is 0. The number of fused-ring (bicyclic) bond motifs is 1. The standard InChI is InChI=1S/C20H25N3O/c1-20(2,3)15-8-10-17(21-13-15)19(24)22-16-9-7-14-6-5-11-23(4)18(14)12-16/h7-10,12-13H,5-6,11H2,1-4H3,(H,22,24). The van der Waals surface area contributed by atoms with Crippen LogP contribution in [0.15, 0.2) is 36.5 Å². The number of carbonyl (C=O) groups is 1. The number of benzene rings is 1. The minimum Gasteiger partial charge on any atom is -0.374 e. The third kappa shape index (κ3) is 3.42. The van der Waals surface area contributed by atoms with Gasteiger partial charge >= 0.3 is 0 Å². The molecular formula is C20H25N3O. The topological polar surface area (TPSA) is 45.2 Å². The van der Waals surface area contributed by atoms with Gasteiger partial charge in [0.2, 0.25) is 0 Å². The van der Waals surface area contributed by atoms with E-state index in [1.807, 2.05) is 12.1 Å². The van der Waals surface area contributed by atoms with Gasteiger partial charge in [0.15, 0.2) is 0 Å². The van der Waals surface area contributed by atoms with Crippen LogP contribution < -0.4 is 10.2 Å². The van der Waals surface area contributed by atoms with Crippen LogP contribution in [0.2, 0.25) is 0 Å². The molecule has 126 valence electrons. The number of aromatic nitrogens is 1. The molecule has 1 N–H and O–H groups in total. The molecule has 1 amide bonds. The van der Waals surface area contributed by atoms with E-state index >= 15 is 0 Å². The summed E-state index contributed by atoms with van der Waals surface area (Å²) in [5.74, 6) is -0.172. The van der Waals surface area contributed by atoms with Crippen LogP contribution in [0.4, 0.5) is 11.4 Å². The molecule has 4 heteroatoms. The summed E-state index contributed by atoms with van der Waals surface area (Å²) in [6.07, 6.45) is 4.07. The van der Waals surface area contributed by atoms with E-state index in [4.69, 9.17) is 0 Å². The van der Waals surface area contributed by atoms with E-state index in [-0.39, 0.29) is 11.3 Å². The molecule has 0 bridgehead atoms. The van der Waals surface area contributed by atoms with Crippen molar-refractivity contribution in [3.63, 3.8) is 0 Å². The molecule has 1 aliphatic heterocycles. The van der Waals surface area contributed by atoms with Crippen LogP contribution in [0.1, 0.15) is 48.8 Å². The predicted molar refractivity (Wildman–Crippen MR) is 98.9 cm³/mol. The normalized spacial score (nSPS) is 14.2. The highest BCUT2D eigenvalue weighted by Gasteiger charge is 2.17. The van der Waals surface area contributed by atoms with Gasteiger partial charge in [0.1, 0.15) is 5.69 Å². The fourth-order valence-corrected chi connectivity index (χ4v) is 3.00. The molecule has 3 rings (SSSR count). The van der Waals surface area contributed by atoms with Crippen molar-refractivity contribution in [2.24, 2.45) is 0 Å². The zero-order valence-electron chi connectivity index (χ0n) is 14.9. The summed E-state index contributed by atoms with van der Waals surface area (Å²) in [5.41, 5.74) is 4.95. The van der Waals surface area contributed by atoms with Gasteiger partial charge in [-0.3, -0.25) is 9.78 Å². The summed E-state index contributed by atoms with van der Waals surface area (Å²) in [7, 11) is 2.09. The van der Waals surface area contributed by atoms with Crippen molar-refractivity contribution in [2.45, 2.75) is 39.0 Å². The number of nitrogens with one attached hydrogen (secondary N) is 1. The van der Waals surface area contributed by atoms with E-state index < -0.39 is 0 Å². The molecule has 1 aliphatic rings. The lowest BCUT2D eigenvalue weighted by Crippen LogP contribution is -2.25. The molecular weight excluding hydrogens is 298 g/mol. The van der Waals surface area contributed by atoms with E-state index in [1.165, 1.54) is 17.7 Å². The first-order valence-corrected chi connectivity index (χ1v) is 8.46. The van der Waals surface area contributed by atoms with Crippen molar-refractivity contribution >= 4 is 17.3 Å². The molecule has 0 spiro atoms. The van der Waals surface area contributed by atoms with Crippen molar-refractivity contribution in [1.29, 1.82) is 0 Å². The first kappa shape index (κ1) is 16.5. The number of anilines is 2. The average Bonchev–Trinajstić information content (AvgIpc) is 2.55. The Labute approximate surface area is 143 Å². The molecule has 0 unspecified atom stereocenters. The lowest BCUT2D eigenvalue weighted by Gasteiger charge is -2.28. The highest BCUT2D eigenvalue weighted by atomic mass is 16.1. The Bertz CT molecular complexity index is 744. The Balaban J connectivity index is 1.76. The smallest absolute Gasteiger partial charge is 0.274 e. The van der Waals surface area contributed by atoms with E-state index in [0.717, 1.165) is 24.2 Å². The van der Waals surface area contributed by atoms with Gasteiger partial charge in [0.05, 0.1) is 0 Å². The third-order valence-electron chi connectivity index (χ3n) is 4.56. The number of hydrogen-bond donors (Lipinski definition) is 1. The van der Waals surface area contributed by atoms with Crippen molar-refractivity contribution in [3.8, 4) is 0 Å². The largest absolute Gasteiger partial charge is 0.374 e. The Kier molecular flexibility index (Phi) is 4.31. The van der Waals surface area contributed by atoms with Crippen LogP contribution in [-0.2, 0) is 11.8 Å². The Morgan fingerprint density at radius 2 is 2.00 bits per heavy atom. The summed E-state index contributed by atoms with van der Waals surface area (Å²) in [6.45, 7) is 7.45. The van der Waals surface area contributed by atoms with Crippen LogP contribution in [0.25, 0.3) is 0 Å². The number of amides is 1. The second-order valence-corrected chi connectivity index (χ2v) is 7.50. The molecule has 0 fully saturated rings. The first-order chi connectivity index (χ1) is 11.3. The summed E-state index contributed by atoms with van der Waals surface area (Å²) in [5, 5.41) is 2.96. The zero-order chi connectivity index (χ0) is 17.3. The number of pyridine rings is 1. The molecule has 0 saturated carbocycles. The number of rotatable bonds is 2. The monoisotopic (exact) mass is 323 g/mol. The quantitative estimate of drug-likeness (QED) is 0.908. The van der Waals surface area contributed by atoms with Gasteiger partial charge in [-0.15, -0.1) is 0 Å². The van der Waals surface area contributed by atoms with Crippen molar-refractivity contribution in [1.82, 2.24) is 4.98 Å². The summed E-state index contributed by atoms with van der Waals surface area (Å²) >= 11 is 0. The second kappa shape index (κ2) is 6.27. The predicted octanol–water partition coefficient (Wildman–Crippen LogP) is 4.01. The molecule has 0 radical (unpaired) electrons. The SMILES string of the molecule is CN1CCCc2ccc(NC(=O)c3ccc(C(C)(C)C)cn3)cc21. The van der Waals surface area contributed by atoms with Gasteiger partial charge in [-0.05, 0) is 47.6 Å². The third-order valence-corrected chi connectivity index (χ3v) is 4.56. The van der Waals surface area contributed by atoms with E-state index in [0.29, 0.717) is 5.69 Å². The van der Waals surface area contributed by atoms with Gasteiger partial charge in [0.25, 0.3) is 5.91 Å². The maximum absolute atomic E-state index is 12.4. The Hall–Kier alpha value is -2.36. The molecule has 1 aromatic carbocycles. The van der Waals surface area contributed by atoms with Crippen LogP contribution in [0, 0.1) is 0 Å². The lowest BCUT2D eigenvalue weighted by molar-refractivity contribution is 0.102. The minimum absolute atomic E-state index is 0.0328. The zero-order valence-corrected chi connectivity index (χ0v) is 14.9. The number of nitrogens with zero attached hydrogens (tertiary/aromatic N) is 2. The molecule has 2 heterocycles. The highest BCUT2D eigenvalue weighted by molar-refractivity contribution is 6.03. The van der Waals surface area contributed by atoms with Gasteiger partial charge in [0, 0.05) is 31.2 Å². The van der Waals surface area contributed by atoms with Gasteiger partial charge < -0.3 is 10.2 Å². The lowest BCUT2D eigenvalue weighted by atomic mass is 9.88. The van der Waals surface area contributed by atoms with Crippen LogP contribution in [0.3, 0.4) is 0 Å². The van der Waals surface area contributed by atoms with Crippen molar-refractivity contribution < 1.29 is 4.79 Å². The fraction of sp³-hybridized carbons (Fsp3) is 0.400. The highest BCUT2D eigenvalue weighted by Crippen LogP contribution is 2.29. The van der Waals surface area contributed by atoms with Gasteiger partial charge in [-0.2, -0.15) is 0 Å². The van der Waals surface area contributed by atoms with Crippen LogP contribution in [0.5, 0.6) is 0 Å². The number of aryl methyl sites for hydroxylation is 1. The fourth-order valence-electron chi connectivity index (χ4n) is 3.00. The van der Waals surface area contributed by atoms with Gasteiger partial charge in [-0.25, -0.2) is 0 Å². The van der Waals surface area contributed by atoms with E-state index in [9.17, 15) is 4.79 Å². The molecule has 1 aromatic heterocycles. The molecule has 4 nitrogen and oxygen atoms in total. The van der Waals surface area contributed by atoms with Crippen LogP contribution in [-0.4, -0.2) is 24.5 Å². The van der Waals surface area contributed by atoms with E-state index in [1.54, 1.807) is 12.3 Å². The Morgan fingerprint density at radius 1 is 1.21 bits per heavy atom. The van der Waals surface area contributed by atoms with Crippen LogP contribution >= 0.6 is 0 Å². The van der Waals surface area contributed by atoms with Crippen molar-refractivity contribution in [3.05, 3.63) is 53.3 Å². The number of hydrogen-bond acceptors (Lipinski definition) is 3. The molecule has 0 aliphatic carbocycles. The summed E-state index contributed by atoms with van der Waals surface area (Å²) in [4.78, 5) is 19.0. The van der Waals surface area contributed by atoms with Crippen molar-refractivity contribution in [2.75, 3.05) is 23.8 Å². The van der Waals surface area contributed by atoms with Gasteiger partial charge in [-0.1, -0.05) is 32.9 Å². The number of carbonyl (C=O) groups excluding carboxylic acids is 1. The second-order valence-electron chi connectivity index (χ2n) is 7.50.